The number of hydrogen-bond donors (Lipinski definition) is 1. The molecule has 2 rings (SSSR count). The number of methoxy groups -OCH3 is 1. The van der Waals surface area contributed by atoms with Gasteiger partial charge in [-0.2, -0.15) is 0 Å². The van der Waals surface area contributed by atoms with Crippen LogP contribution in [0.4, 0.5) is 0 Å². The van der Waals surface area contributed by atoms with Crippen LogP contribution in [0.3, 0.4) is 0 Å². The predicted molar refractivity (Wildman–Crippen MR) is 70.3 cm³/mol. The fourth-order valence-corrected chi connectivity index (χ4v) is 2.86. The molecule has 0 radical (unpaired) electrons. The first-order chi connectivity index (χ1) is 9.11. The number of carbonyl (C=O) groups excluding carboxylic acids is 1. The second-order valence-corrected chi connectivity index (χ2v) is 4.97. The minimum atomic E-state index is -0.840. The molecule has 1 saturated carbocycles. The molecule has 1 aromatic carbocycles. The molecule has 1 N–H and O–H groups in total. The van der Waals surface area contributed by atoms with Crippen molar-refractivity contribution in [1.82, 2.24) is 0 Å². The fourth-order valence-electron chi connectivity index (χ4n) is 2.86. The molecular weight excluding hydrogens is 244 g/mol. The summed E-state index contributed by atoms with van der Waals surface area (Å²) >= 11 is 0. The summed E-state index contributed by atoms with van der Waals surface area (Å²) in [6.07, 6.45) is 2.17. The van der Waals surface area contributed by atoms with Gasteiger partial charge in [-0.1, -0.05) is 12.1 Å². The van der Waals surface area contributed by atoms with Crippen LogP contribution in [0.1, 0.15) is 37.2 Å². The molecule has 2 unspecified atom stereocenters. The van der Waals surface area contributed by atoms with Gasteiger partial charge in [0.2, 0.25) is 0 Å². The lowest BCUT2D eigenvalue weighted by atomic mass is 9.73. The molecule has 102 valence electrons. The van der Waals surface area contributed by atoms with Gasteiger partial charge in [-0.15, -0.1) is 0 Å². The predicted octanol–water partition coefficient (Wildman–Crippen LogP) is 2.62. The number of hydrogen-bond acceptors (Lipinski definition) is 3. The van der Waals surface area contributed by atoms with Crippen LogP contribution in [0.15, 0.2) is 24.3 Å². The zero-order valence-corrected chi connectivity index (χ0v) is 11.0. The number of rotatable bonds is 4. The van der Waals surface area contributed by atoms with Crippen LogP contribution in [-0.4, -0.2) is 24.0 Å². The van der Waals surface area contributed by atoms with E-state index in [1.165, 1.54) is 0 Å². The van der Waals surface area contributed by atoms with E-state index in [0.717, 1.165) is 18.4 Å². The Labute approximate surface area is 112 Å². The van der Waals surface area contributed by atoms with Crippen molar-refractivity contribution >= 4 is 11.8 Å². The van der Waals surface area contributed by atoms with Crippen molar-refractivity contribution < 1.29 is 19.4 Å². The summed E-state index contributed by atoms with van der Waals surface area (Å²) < 4.78 is 5.17. The third kappa shape index (κ3) is 3.13. The highest BCUT2D eigenvalue weighted by molar-refractivity contribution is 5.87. The quantitative estimate of drug-likeness (QED) is 0.906. The summed E-state index contributed by atoms with van der Waals surface area (Å²) in [5.41, 5.74) is 0.871. The van der Waals surface area contributed by atoms with Gasteiger partial charge >= 0.3 is 5.97 Å². The topological polar surface area (TPSA) is 63.6 Å². The Bertz CT molecular complexity index is 481. The Morgan fingerprint density at radius 2 is 2.26 bits per heavy atom. The van der Waals surface area contributed by atoms with E-state index >= 15 is 0 Å². The molecule has 0 bridgehead atoms. The van der Waals surface area contributed by atoms with Crippen LogP contribution in [-0.2, 0) is 9.59 Å². The van der Waals surface area contributed by atoms with Crippen LogP contribution in [0, 0.1) is 5.92 Å². The zero-order valence-electron chi connectivity index (χ0n) is 11.0. The molecule has 19 heavy (non-hydrogen) atoms. The van der Waals surface area contributed by atoms with E-state index in [9.17, 15) is 9.59 Å². The smallest absolute Gasteiger partial charge is 0.303 e. The van der Waals surface area contributed by atoms with Crippen LogP contribution in [0.2, 0.25) is 0 Å². The molecule has 4 nitrogen and oxygen atoms in total. The summed E-state index contributed by atoms with van der Waals surface area (Å²) in [5.74, 6) is -0.408. The van der Waals surface area contributed by atoms with Gasteiger partial charge in [-0.25, -0.2) is 0 Å². The largest absolute Gasteiger partial charge is 0.497 e. The van der Waals surface area contributed by atoms with Crippen molar-refractivity contribution in [2.45, 2.75) is 31.6 Å². The average molecular weight is 262 g/mol. The molecule has 1 aliphatic carbocycles. The molecule has 0 saturated heterocycles. The Morgan fingerprint density at radius 1 is 1.47 bits per heavy atom. The van der Waals surface area contributed by atoms with Crippen molar-refractivity contribution in [2.24, 2.45) is 5.92 Å². The van der Waals surface area contributed by atoms with Gasteiger partial charge in [-0.3, -0.25) is 9.59 Å². The first-order valence-corrected chi connectivity index (χ1v) is 6.50. The zero-order chi connectivity index (χ0) is 13.8. The van der Waals surface area contributed by atoms with E-state index in [2.05, 4.69) is 0 Å². The van der Waals surface area contributed by atoms with Crippen molar-refractivity contribution in [3.63, 3.8) is 0 Å². The summed E-state index contributed by atoms with van der Waals surface area (Å²) in [6.45, 7) is 0. The van der Waals surface area contributed by atoms with E-state index in [0.29, 0.717) is 12.2 Å². The van der Waals surface area contributed by atoms with E-state index in [1.54, 1.807) is 7.11 Å². The van der Waals surface area contributed by atoms with Crippen LogP contribution in [0.5, 0.6) is 5.75 Å². The average Bonchev–Trinajstić information content (AvgIpc) is 2.38. The van der Waals surface area contributed by atoms with Gasteiger partial charge in [0.25, 0.3) is 0 Å². The van der Waals surface area contributed by atoms with Crippen LogP contribution < -0.4 is 4.74 Å². The van der Waals surface area contributed by atoms with Gasteiger partial charge in [0, 0.05) is 18.8 Å². The van der Waals surface area contributed by atoms with Gasteiger partial charge in [0.15, 0.2) is 0 Å². The number of benzene rings is 1. The summed E-state index contributed by atoms with van der Waals surface area (Å²) in [4.78, 5) is 23.1. The van der Waals surface area contributed by atoms with Crippen molar-refractivity contribution in [2.75, 3.05) is 7.11 Å². The molecule has 0 aliphatic heterocycles. The van der Waals surface area contributed by atoms with E-state index < -0.39 is 5.97 Å². The van der Waals surface area contributed by atoms with E-state index in [-0.39, 0.29) is 24.0 Å². The summed E-state index contributed by atoms with van der Waals surface area (Å²) in [7, 11) is 1.58. The van der Waals surface area contributed by atoms with Gasteiger partial charge in [0.1, 0.15) is 11.5 Å². The van der Waals surface area contributed by atoms with Crippen molar-refractivity contribution in [3.05, 3.63) is 29.8 Å². The highest BCUT2D eigenvalue weighted by Crippen LogP contribution is 2.38. The molecule has 4 heteroatoms. The lowest BCUT2D eigenvalue weighted by molar-refractivity contribution is -0.139. The first kappa shape index (κ1) is 13.6. The highest BCUT2D eigenvalue weighted by atomic mass is 16.5. The van der Waals surface area contributed by atoms with Crippen LogP contribution >= 0.6 is 0 Å². The lowest BCUT2D eigenvalue weighted by Crippen LogP contribution is -2.28. The van der Waals surface area contributed by atoms with Gasteiger partial charge in [-0.05, 0) is 36.5 Å². The standard InChI is InChI=1S/C15H18O4/c1-19-12-6-2-4-10(8-12)15-11(9-14(17)18)5-3-7-13(15)16/h2,4,6,8,11,15H,3,5,7,9H2,1H3,(H,17,18). The van der Waals surface area contributed by atoms with Gasteiger partial charge < -0.3 is 9.84 Å². The Hall–Kier alpha value is -1.84. The maximum absolute atomic E-state index is 12.2. The SMILES string of the molecule is COc1cccc(C2C(=O)CCCC2CC(=O)O)c1. The normalized spacial score (nSPS) is 23.1. The number of carboxylic acids is 1. The minimum Gasteiger partial charge on any atom is -0.497 e. The van der Waals surface area contributed by atoms with Crippen molar-refractivity contribution in [3.8, 4) is 5.75 Å². The van der Waals surface area contributed by atoms with Crippen LogP contribution in [0.25, 0.3) is 0 Å². The lowest BCUT2D eigenvalue weighted by Gasteiger charge is -2.29. The molecule has 0 heterocycles. The third-order valence-electron chi connectivity index (χ3n) is 3.71. The molecule has 1 aromatic rings. The molecule has 0 aromatic heterocycles. The third-order valence-corrected chi connectivity index (χ3v) is 3.71. The number of ether oxygens (including phenoxy) is 1. The number of Topliss-reactive ketones (excluding diaryl/α,β-unsaturated/α-hetero) is 1. The monoisotopic (exact) mass is 262 g/mol. The summed E-state index contributed by atoms with van der Waals surface area (Å²) in [6, 6.07) is 7.38. The molecule has 1 fully saturated rings. The van der Waals surface area contributed by atoms with Crippen molar-refractivity contribution in [1.29, 1.82) is 0 Å². The number of ketones is 1. The number of carboxylic acid groups (broad SMARTS) is 1. The summed E-state index contributed by atoms with van der Waals surface area (Å²) in [5, 5.41) is 8.98. The van der Waals surface area contributed by atoms with E-state index in [1.807, 2.05) is 24.3 Å². The maximum atomic E-state index is 12.2. The highest BCUT2D eigenvalue weighted by Gasteiger charge is 2.34. The molecular formula is C15H18O4. The second kappa shape index (κ2) is 5.87. The molecule has 0 amide bonds. The maximum Gasteiger partial charge on any atom is 0.303 e. The fraction of sp³-hybridized carbons (Fsp3) is 0.467. The number of carbonyl (C=O) groups is 2. The Morgan fingerprint density at radius 3 is 2.95 bits per heavy atom. The van der Waals surface area contributed by atoms with Gasteiger partial charge in [0.05, 0.1) is 7.11 Å². The Balaban J connectivity index is 2.30. The molecule has 0 spiro atoms. The molecule has 2 atom stereocenters. The van der Waals surface area contributed by atoms with E-state index in [4.69, 9.17) is 9.84 Å². The Kier molecular flexibility index (Phi) is 4.20. The second-order valence-electron chi connectivity index (χ2n) is 4.97. The minimum absolute atomic E-state index is 0.0492. The number of aliphatic carboxylic acids is 1. The first-order valence-electron chi connectivity index (χ1n) is 6.50. The molecule has 1 aliphatic rings.